The predicted octanol–water partition coefficient (Wildman–Crippen LogP) is 4.98. The van der Waals surface area contributed by atoms with Crippen LogP contribution in [0.2, 0.25) is 0 Å². The Hall–Kier alpha value is -3.81. The number of aryl methyl sites for hydroxylation is 1. The van der Waals surface area contributed by atoms with Gasteiger partial charge in [0.15, 0.2) is 5.76 Å². The first-order valence-electron chi connectivity index (χ1n) is 9.43. The van der Waals surface area contributed by atoms with Crippen molar-refractivity contribution in [2.75, 3.05) is 12.4 Å². The van der Waals surface area contributed by atoms with Gasteiger partial charge in [-0.15, -0.1) is 0 Å². The number of ether oxygens (including phenoxy) is 2. The van der Waals surface area contributed by atoms with E-state index in [0.717, 1.165) is 12.8 Å². The summed E-state index contributed by atoms with van der Waals surface area (Å²) < 4.78 is 16.3. The van der Waals surface area contributed by atoms with Gasteiger partial charge in [-0.2, -0.15) is 0 Å². The van der Waals surface area contributed by atoms with E-state index in [1.165, 1.54) is 36.9 Å². The van der Waals surface area contributed by atoms with Gasteiger partial charge in [-0.05, 0) is 36.2 Å². The number of nitro benzene ring substituents is 1. The molecule has 3 rings (SSSR count). The number of nitrogens with one attached hydrogen (secondary N) is 1. The van der Waals surface area contributed by atoms with Gasteiger partial charge >= 0.3 is 0 Å². The molecule has 0 saturated heterocycles. The average molecular weight is 410 g/mol. The fraction of sp³-hybridized carbons (Fsp3) is 0.227. The molecule has 156 valence electrons. The molecular weight excluding hydrogens is 388 g/mol. The number of nitrogens with zero attached hydrogens (tertiary/aromatic N) is 1. The van der Waals surface area contributed by atoms with Crippen LogP contribution in [0.15, 0.2) is 59.0 Å². The minimum atomic E-state index is -0.560. The van der Waals surface area contributed by atoms with Crippen molar-refractivity contribution in [3.05, 3.63) is 81.8 Å². The van der Waals surface area contributed by atoms with Crippen molar-refractivity contribution in [1.29, 1.82) is 0 Å². The number of nitro groups is 1. The first-order chi connectivity index (χ1) is 14.5. The van der Waals surface area contributed by atoms with Gasteiger partial charge in [-0.1, -0.05) is 25.5 Å². The number of anilines is 1. The van der Waals surface area contributed by atoms with Crippen LogP contribution in [0.5, 0.6) is 11.5 Å². The summed E-state index contributed by atoms with van der Waals surface area (Å²) in [6, 6.07) is 15.0. The van der Waals surface area contributed by atoms with Gasteiger partial charge in [0.05, 0.1) is 23.8 Å². The highest BCUT2D eigenvalue weighted by Crippen LogP contribution is 2.26. The summed E-state index contributed by atoms with van der Waals surface area (Å²) in [5, 5.41) is 13.6. The lowest BCUT2D eigenvalue weighted by Gasteiger charge is -2.07. The second-order valence-corrected chi connectivity index (χ2v) is 6.58. The Kier molecular flexibility index (Phi) is 6.69. The second kappa shape index (κ2) is 9.60. The Labute approximate surface area is 173 Å². The number of amides is 1. The minimum Gasteiger partial charge on any atom is -0.496 e. The van der Waals surface area contributed by atoms with Crippen LogP contribution in [0.4, 0.5) is 11.4 Å². The number of benzene rings is 2. The summed E-state index contributed by atoms with van der Waals surface area (Å²) in [4.78, 5) is 22.9. The van der Waals surface area contributed by atoms with Crippen molar-refractivity contribution in [2.45, 2.75) is 26.4 Å². The van der Waals surface area contributed by atoms with Crippen LogP contribution in [0.3, 0.4) is 0 Å². The van der Waals surface area contributed by atoms with Crippen LogP contribution in [0, 0.1) is 10.1 Å². The van der Waals surface area contributed by atoms with Crippen LogP contribution < -0.4 is 14.8 Å². The van der Waals surface area contributed by atoms with E-state index in [2.05, 4.69) is 12.2 Å². The Morgan fingerprint density at radius 1 is 1.10 bits per heavy atom. The number of non-ortho nitro benzene ring substituents is 1. The van der Waals surface area contributed by atoms with E-state index in [4.69, 9.17) is 13.9 Å². The molecule has 8 nitrogen and oxygen atoms in total. The molecule has 0 aliphatic heterocycles. The maximum atomic E-state index is 12.4. The summed E-state index contributed by atoms with van der Waals surface area (Å²) in [6.07, 6.45) is 2.11. The molecule has 0 saturated carbocycles. The molecule has 0 bridgehead atoms. The number of hydrogen-bond acceptors (Lipinski definition) is 6. The number of methoxy groups -OCH3 is 1. The molecule has 0 spiro atoms. The fourth-order valence-electron chi connectivity index (χ4n) is 2.84. The van der Waals surface area contributed by atoms with Gasteiger partial charge in [0.2, 0.25) is 0 Å². The highest BCUT2D eigenvalue weighted by molar-refractivity contribution is 6.02. The smallest absolute Gasteiger partial charge is 0.291 e. The maximum Gasteiger partial charge on any atom is 0.291 e. The lowest BCUT2D eigenvalue weighted by atomic mass is 10.1. The van der Waals surface area contributed by atoms with Crippen LogP contribution in [0.1, 0.15) is 35.2 Å². The Balaban J connectivity index is 1.62. The van der Waals surface area contributed by atoms with E-state index in [0.29, 0.717) is 11.5 Å². The molecule has 30 heavy (non-hydrogen) atoms. The minimum absolute atomic E-state index is 0.0670. The molecule has 0 unspecified atom stereocenters. The average Bonchev–Trinajstić information content (AvgIpc) is 3.22. The zero-order valence-corrected chi connectivity index (χ0v) is 16.7. The SMILES string of the molecule is CCCc1ccc(OCc2ccc(C(=O)Nc3cc(OC)cc([N+](=O)[O-])c3)o2)cc1. The molecule has 0 aliphatic carbocycles. The topological polar surface area (TPSA) is 104 Å². The van der Waals surface area contributed by atoms with E-state index in [1.807, 2.05) is 24.3 Å². The number of carbonyl (C=O) groups excluding carboxylic acids is 1. The van der Waals surface area contributed by atoms with E-state index >= 15 is 0 Å². The summed E-state index contributed by atoms with van der Waals surface area (Å²) in [7, 11) is 1.39. The Morgan fingerprint density at radius 2 is 1.87 bits per heavy atom. The molecule has 1 amide bonds. The Bertz CT molecular complexity index is 1030. The van der Waals surface area contributed by atoms with Crippen molar-refractivity contribution in [3.8, 4) is 11.5 Å². The van der Waals surface area contributed by atoms with Crippen LogP contribution in [0.25, 0.3) is 0 Å². The lowest BCUT2D eigenvalue weighted by Crippen LogP contribution is -2.11. The number of hydrogen-bond donors (Lipinski definition) is 1. The molecular formula is C22H22N2O6. The van der Waals surface area contributed by atoms with E-state index in [-0.39, 0.29) is 29.5 Å². The number of carbonyl (C=O) groups is 1. The number of furan rings is 1. The zero-order chi connectivity index (χ0) is 21.5. The van der Waals surface area contributed by atoms with E-state index < -0.39 is 10.8 Å². The molecule has 8 heteroatoms. The maximum absolute atomic E-state index is 12.4. The largest absolute Gasteiger partial charge is 0.496 e. The third-order valence-electron chi connectivity index (χ3n) is 4.32. The van der Waals surface area contributed by atoms with Crippen molar-refractivity contribution in [3.63, 3.8) is 0 Å². The molecule has 0 atom stereocenters. The van der Waals surface area contributed by atoms with Crippen LogP contribution in [-0.2, 0) is 13.0 Å². The third kappa shape index (κ3) is 5.38. The molecule has 0 fully saturated rings. The molecule has 1 heterocycles. The zero-order valence-electron chi connectivity index (χ0n) is 16.7. The first kappa shape index (κ1) is 20.9. The molecule has 1 aromatic heterocycles. The van der Waals surface area contributed by atoms with E-state index in [9.17, 15) is 14.9 Å². The standard InChI is InChI=1S/C22H22N2O6/c1-3-4-15-5-7-18(8-6-15)29-14-19-9-10-21(30-19)22(25)23-16-11-17(24(26)27)13-20(12-16)28-2/h5-13H,3-4,14H2,1-2H3,(H,23,25). The van der Waals surface area contributed by atoms with Gasteiger partial charge in [-0.25, -0.2) is 0 Å². The van der Waals surface area contributed by atoms with Gasteiger partial charge < -0.3 is 19.2 Å². The van der Waals surface area contributed by atoms with Crippen molar-refractivity contribution >= 4 is 17.3 Å². The van der Waals surface area contributed by atoms with E-state index in [1.54, 1.807) is 6.07 Å². The normalized spacial score (nSPS) is 10.5. The number of rotatable bonds is 9. The fourth-order valence-corrected chi connectivity index (χ4v) is 2.84. The quantitative estimate of drug-likeness (QED) is 0.394. The summed E-state index contributed by atoms with van der Waals surface area (Å²) in [5.74, 6) is 0.985. The molecule has 0 aliphatic rings. The molecule has 3 aromatic rings. The lowest BCUT2D eigenvalue weighted by molar-refractivity contribution is -0.384. The van der Waals surface area contributed by atoms with Gasteiger partial charge in [-0.3, -0.25) is 14.9 Å². The Morgan fingerprint density at radius 3 is 2.53 bits per heavy atom. The van der Waals surface area contributed by atoms with Crippen LogP contribution >= 0.6 is 0 Å². The van der Waals surface area contributed by atoms with Gasteiger partial charge in [0.25, 0.3) is 11.6 Å². The summed E-state index contributed by atoms with van der Waals surface area (Å²) >= 11 is 0. The molecule has 0 radical (unpaired) electrons. The molecule has 2 aromatic carbocycles. The van der Waals surface area contributed by atoms with Crippen LogP contribution in [-0.4, -0.2) is 17.9 Å². The van der Waals surface area contributed by atoms with Crippen molar-refractivity contribution < 1.29 is 23.6 Å². The first-order valence-corrected chi connectivity index (χ1v) is 9.43. The second-order valence-electron chi connectivity index (χ2n) is 6.58. The summed E-state index contributed by atoms with van der Waals surface area (Å²) in [5.41, 5.74) is 1.29. The monoisotopic (exact) mass is 410 g/mol. The van der Waals surface area contributed by atoms with Crippen molar-refractivity contribution in [1.82, 2.24) is 0 Å². The molecule has 1 N–H and O–H groups in total. The predicted molar refractivity (Wildman–Crippen MR) is 111 cm³/mol. The van der Waals surface area contributed by atoms with Gasteiger partial charge in [0.1, 0.15) is 23.9 Å². The highest BCUT2D eigenvalue weighted by atomic mass is 16.6. The van der Waals surface area contributed by atoms with Gasteiger partial charge in [0, 0.05) is 12.1 Å². The third-order valence-corrected chi connectivity index (χ3v) is 4.32. The summed E-state index contributed by atoms with van der Waals surface area (Å²) in [6.45, 7) is 2.30. The highest BCUT2D eigenvalue weighted by Gasteiger charge is 2.15. The van der Waals surface area contributed by atoms with Crippen molar-refractivity contribution in [2.24, 2.45) is 0 Å².